The summed E-state index contributed by atoms with van der Waals surface area (Å²) in [7, 11) is 0. The average Bonchev–Trinajstić information content (AvgIpc) is 2.86. The van der Waals surface area contributed by atoms with Crippen LogP contribution in [0.2, 0.25) is 0 Å². The molecule has 1 heterocycles. The summed E-state index contributed by atoms with van der Waals surface area (Å²) < 4.78 is 36.4. The van der Waals surface area contributed by atoms with E-state index in [1.165, 1.54) is 6.07 Å². The zero-order valence-corrected chi connectivity index (χ0v) is 24.3. The van der Waals surface area contributed by atoms with Gasteiger partial charge in [-0.2, -0.15) is 5.06 Å². The molecular weight excluding hydrogens is 480 g/mol. The fourth-order valence-electron chi connectivity index (χ4n) is 6.97. The van der Waals surface area contributed by atoms with Gasteiger partial charge in [0.05, 0.1) is 12.7 Å². The minimum atomic E-state index is -0.288. The maximum atomic E-state index is 15.5. The molecule has 2 aromatic rings. The molecule has 0 N–H and O–H groups in total. The van der Waals surface area contributed by atoms with Crippen LogP contribution >= 0.6 is 0 Å². The van der Waals surface area contributed by atoms with Crippen LogP contribution in [0.4, 0.5) is 8.78 Å². The van der Waals surface area contributed by atoms with E-state index < -0.39 is 0 Å². The van der Waals surface area contributed by atoms with E-state index in [0.717, 1.165) is 75.7 Å². The molecule has 0 atom stereocenters. The van der Waals surface area contributed by atoms with Gasteiger partial charge in [0, 0.05) is 23.2 Å². The van der Waals surface area contributed by atoms with Crippen molar-refractivity contribution in [2.24, 2.45) is 0 Å². The molecule has 38 heavy (non-hydrogen) atoms. The Balaban J connectivity index is 1.48. The van der Waals surface area contributed by atoms with Gasteiger partial charge in [0.15, 0.2) is 0 Å². The molecule has 0 aromatic heterocycles. The third-order valence-electron chi connectivity index (χ3n) is 8.60. The lowest BCUT2D eigenvalue weighted by atomic mass is 9.72. The van der Waals surface area contributed by atoms with Gasteiger partial charge in [0.1, 0.15) is 11.6 Å². The molecule has 0 unspecified atom stereocenters. The predicted molar refractivity (Wildman–Crippen MR) is 151 cm³/mol. The van der Waals surface area contributed by atoms with Gasteiger partial charge in [-0.25, -0.2) is 8.78 Å². The molecule has 2 aromatic carbocycles. The molecule has 0 spiro atoms. The number of benzene rings is 2. The molecule has 1 saturated heterocycles. The zero-order valence-electron chi connectivity index (χ0n) is 24.3. The normalized spacial score (nSPS) is 24.0. The van der Waals surface area contributed by atoms with Crippen LogP contribution in [0.1, 0.15) is 116 Å². The molecule has 1 aliphatic heterocycles. The second-order valence-electron chi connectivity index (χ2n) is 12.6. The first-order valence-corrected chi connectivity index (χ1v) is 14.7. The molecular formula is C33H47F2NO2. The lowest BCUT2D eigenvalue weighted by Crippen LogP contribution is -2.59. The van der Waals surface area contributed by atoms with E-state index in [4.69, 9.17) is 9.57 Å². The smallest absolute Gasteiger partial charge is 0.131 e. The van der Waals surface area contributed by atoms with Crippen molar-refractivity contribution in [3.8, 4) is 11.1 Å². The van der Waals surface area contributed by atoms with Gasteiger partial charge in [-0.05, 0) is 120 Å². The topological polar surface area (TPSA) is 21.7 Å². The number of hydrogen-bond acceptors (Lipinski definition) is 3. The summed E-state index contributed by atoms with van der Waals surface area (Å²) in [5, 5.41) is 2.17. The van der Waals surface area contributed by atoms with E-state index in [-0.39, 0.29) is 34.5 Å². The first kappa shape index (κ1) is 29.2. The molecule has 0 radical (unpaired) electrons. The second kappa shape index (κ2) is 12.1. The van der Waals surface area contributed by atoms with E-state index >= 15 is 8.78 Å². The molecule has 3 nitrogen and oxygen atoms in total. The maximum absolute atomic E-state index is 15.5. The van der Waals surface area contributed by atoms with Crippen LogP contribution in [0.3, 0.4) is 0 Å². The standard InChI is InChI=1S/C33H47F2NO2/c1-7-9-18-38-36-32(3,4)21-26(22-33(36,5)6)24-12-16-29(30(34)19-24)25-13-17-28(31(35)20-25)23-10-14-27(15-11-23)37-8-2/h12-13,16-17,19-20,23,26-27H,7-11,14-15,18,21-22H2,1-6H3. The Morgan fingerprint density at radius 2 is 1.53 bits per heavy atom. The van der Waals surface area contributed by atoms with E-state index in [1.807, 2.05) is 31.2 Å². The molecule has 0 bridgehead atoms. The fraction of sp³-hybridized carbons (Fsp3) is 0.636. The number of ether oxygens (including phenoxy) is 1. The van der Waals surface area contributed by atoms with Crippen molar-refractivity contribution >= 4 is 0 Å². The van der Waals surface area contributed by atoms with Crippen molar-refractivity contribution in [3.63, 3.8) is 0 Å². The number of rotatable bonds is 9. The first-order valence-electron chi connectivity index (χ1n) is 14.7. The number of piperidine rings is 1. The van der Waals surface area contributed by atoms with Crippen LogP contribution in [-0.2, 0) is 9.57 Å². The zero-order chi connectivity index (χ0) is 27.5. The van der Waals surface area contributed by atoms with Gasteiger partial charge in [-0.1, -0.05) is 37.6 Å². The van der Waals surface area contributed by atoms with Gasteiger partial charge < -0.3 is 4.74 Å². The monoisotopic (exact) mass is 527 g/mol. The Bertz CT molecular complexity index is 1060. The molecule has 4 rings (SSSR count). The van der Waals surface area contributed by atoms with Crippen LogP contribution in [0, 0.1) is 11.6 Å². The molecule has 1 saturated carbocycles. The molecule has 0 amide bonds. The Labute approximate surface area is 228 Å². The van der Waals surface area contributed by atoms with Crippen LogP contribution in [-0.4, -0.2) is 35.5 Å². The van der Waals surface area contributed by atoms with Gasteiger partial charge in [0.25, 0.3) is 0 Å². The first-order chi connectivity index (χ1) is 18.1. The number of unbranched alkanes of at least 4 members (excludes halogenated alkanes) is 1. The summed E-state index contributed by atoms with van der Waals surface area (Å²) in [4.78, 5) is 6.24. The summed E-state index contributed by atoms with van der Waals surface area (Å²) in [6.45, 7) is 14.5. The van der Waals surface area contributed by atoms with Crippen LogP contribution in [0.15, 0.2) is 36.4 Å². The predicted octanol–water partition coefficient (Wildman–Crippen LogP) is 9.16. The van der Waals surface area contributed by atoms with Crippen molar-refractivity contribution in [1.29, 1.82) is 0 Å². The summed E-state index contributed by atoms with van der Waals surface area (Å²) in [5.41, 5.74) is 2.46. The minimum Gasteiger partial charge on any atom is -0.379 e. The van der Waals surface area contributed by atoms with Gasteiger partial charge in [-0.15, -0.1) is 0 Å². The molecule has 210 valence electrons. The summed E-state index contributed by atoms with van der Waals surface area (Å²) >= 11 is 0. The Hall–Kier alpha value is -1.82. The summed E-state index contributed by atoms with van der Waals surface area (Å²) in [6, 6.07) is 10.8. The average molecular weight is 528 g/mol. The number of nitrogens with zero attached hydrogens (tertiary/aromatic N) is 1. The third-order valence-corrected chi connectivity index (χ3v) is 8.60. The van der Waals surface area contributed by atoms with Crippen molar-refractivity contribution < 1.29 is 18.4 Å². The van der Waals surface area contributed by atoms with Crippen LogP contribution in [0.5, 0.6) is 0 Å². The van der Waals surface area contributed by atoms with Gasteiger partial charge in [-0.3, -0.25) is 4.84 Å². The number of halogens is 2. The van der Waals surface area contributed by atoms with E-state index in [2.05, 4.69) is 39.7 Å². The highest BCUT2D eigenvalue weighted by atomic mass is 19.1. The molecule has 2 fully saturated rings. The highest BCUT2D eigenvalue weighted by Crippen LogP contribution is 2.46. The SMILES string of the molecule is CCCCON1C(C)(C)CC(c2ccc(-c3ccc(C4CCC(OCC)CC4)c(F)c3)c(F)c2)CC1(C)C. The number of hydrogen-bond donors (Lipinski definition) is 0. The largest absolute Gasteiger partial charge is 0.379 e. The minimum absolute atomic E-state index is 0.171. The van der Waals surface area contributed by atoms with Crippen molar-refractivity contribution in [1.82, 2.24) is 5.06 Å². The summed E-state index contributed by atoms with van der Waals surface area (Å²) in [6.07, 6.45) is 7.99. The van der Waals surface area contributed by atoms with Crippen LogP contribution in [0.25, 0.3) is 11.1 Å². The molecule has 2 aliphatic rings. The molecule has 5 heteroatoms. The quantitative estimate of drug-likeness (QED) is 0.304. The Morgan fingerprint density at radius 1 is 0.842 bits per heavy atom. The molecule has 1 aliphatic carbocycles. The van der Waals surface area contributed by atoms with Crippen molar-refractivity contribution in [2.45, 2.75) is 122 Å². The fourth-order valence-corrected chi connectivity index (χ4v) is 6.97. The van der Waals surface area contributed by atoms with Crippen LogP contribution < -0.4 is 0 Å². The van der Waals surface area contributed by atoms with E-state index in [1.54, 1.807) is 6.07 Å². The highest BCUT2D eigenvalue weighted by Gasteiger charge is 2.46. The van der Waals surface area contributed by atoms with E-state index in [9.17, 15) is 0 Å². The van der Waals surface area contributed by atoms with E-state index in [0.29, 0.717) is 17.2 Å². The van der Waals surface area contributed by atoms with Gasteiger partial charge >= 0.3 is 0 Å². The second-order valence-corrected chi connectivity index (χ2v) is 12.6. The third kappa shape index (κ3) is 6.48. The summed E-state index contributed by atoms with van der Waals surface area (Å²) in [5.74, 6) is -0.0918. The lowest BCUT2D eigenvalue weighted by Gasteiger charge is -2.54. The Kier molecular flexibility index (Phi) is 9.32. The Morgan fingerprint density at radius 3 is 2.11 bits per heavy atom. The highest BCUT2D eigenvalue weighted by molar-refractivity contribution is 5.65. The van der Waals surface area contributed by atoms with Crippen molar-refractivity contribution in [3.05, 3.63) is 59.2 Å². The maximum Gasteiger partial charge on any atom is 0.131 e. The van der Waals surface area contributed by atoms with Crippen molar-refractivity contribution in [2.75, 3.05) is 13.2 Å². The lowest BCUT2D eigenvalue weighted by molar-refractivity contribution is -0.283. The number of hydroxylamine groups is 2. The van der Waals surface area contributed by atoms with Gasteiger partial charge in [0.2, 0.25) is 0 Å².